The van der Waals surface area contributed by atoms with E-state index in [1.807, 2.05) is 11.9 Å². The van der Waals surface area contributed by atoms with Gasteiger partial charge in [0, 0.05) is 51.4 Å². The highest BCUT2D eigenvalue weighted by Crippen LogP contribution is 2.34. The molecule has 2 aliphatic heterocycles. The van der Waals surface area contributed by atoms with E-state index in [-0.39, 0.29) is 36.2 Å². The highest BCUT2D eigenvalue weighted by Gasteiger charge is 2.32. The molecule has 2 aliphatic rings. The normalized spacial score (nSPS) is 21.7. The van der Waals surface area contributed by atoms with Crippen LogP contribution in [0.15, 0.2) is 18.2 Å². The molecule has 3 rings (SSSR count). The fourth-order valence-electron chi connectivity index (χ4n) is 5.15. The number of benzene rings is 1. The Kier molecular flexibility index (Phi) is 12.2. The van der Waals surface area contributed by atoms with Gasteiger partial charge in [0.2, 0.25) is 0 Å². The van der Waals surface area contributed by atoms with Gasteiger partial charge in [-0.2, -0.15) is 0 Å². The number of urea groups is 1. The Morgan fingerprint density at radius 3 is 2.84 bits per heavy atom. The molecule has 0 spiro atoms. The van der Waals surface area contributed by atoms with Crippen LogP contribution in [0.1, 0.15) is 43.8 Å². The molecule has 3 N–H and O–H groups in total. The molecule has 208 valence electrons. The number of methoxy groups -OCH3 is 1. The van der Waals surface area contributed by atoms with Crippen LogP contribution in [-0.4, -0.2) is 83.2 Å². The Balaban J connectivity index is 1.64. The molecule has 4 atom stereocenters. The highest BCUT2D eigenvalue weighted by molar-refractivity contribution is 6.30. The first-order chi connectivity index (χ1) is 17.9. The molecule has 1 aromatic rings. The van der Waals surface area contributed by atoms with Gasteiger partial charge in [-0.05, 0) is 62.8 Å². The molecule has 2 heterocycles. The number of nitrogens with zero attached hydrogens (tertiary/aromatic N) is 1. The maximum atomic E-state index is 13.9. The van der Waals surface area contributed by atoms with E-state index in [0.717, 1.165) is 50.9 Å². The summed E-state index contributed by atoms with van der Waals surface area (Å²) in [4.78, 5) is 26.5. The van der Waals surface area contributed by atoms with Gasteiger partial charge in [-0.3, -0.25) is 0 Å². The van der Waals surface area contributed by atoms with Crippen molar-refractivity contribution in [3.63, 3.8) is 0 Å². The summed E-state index contributed by atoms with van der Waals surface area (Å²) in [6, 6.07) is 4.48. The summed E-state index contributed by atoms with van der Waals surface area (Å²) in [6.45, 7) is 3.88. The van der Waals surface area contributed by atoms with Gasteiger partial charge in [0.05, 0.1) is 24.8 Å². The maximum absolute atomic E-state index is 13.9. The lowest BCUT2D eigenvalue weighted by molar-refractivity contribution is -0.00876. The number of piperidine rings is 1. The minimum atomic E-state index is -0.540. The second kappa shape index (κ2) is 15.3. The van der Waals surface area contributed by atoms with Crippen LogP contribution in [0.5, 0.6) is 0 Å². The topological polar surface area (TPSA) is 101 Å². The average molecular weight is 543 g/mol. The molecule has 0 aromatic heterocycles. The van der Waals surface area contributed by atoms with Crippen LogP contribution in [0, 0.1) is 17.7 Å². The third kappa shape index (κ3) is 9.28. The van der Waals surface area contributed by atoms with E-state index in [9.17, 15) is 14.0 Å². The predicted molar refractivity (Wildman–Crippen MR) is 139 cm³/mol. The Morgan fingerprint density at radius 2 is 2.14 bits per heavy atom. The van der Waals surface area contributed by atoms with E-state index >= 15 is 0 Å². The molecule has 0 saturated carbocycles. The van der Waals surface area contributed by atoms with Crippen molar-refractivity contribution in [1.82, 2.24) is 20.9 Å². The second-order valence-electron chi connectivity index (χ2n) is 9.75. The molecular weight excluding hydrogens is 503 g/mol. The maximum Gasteiger partial charge on any atom is 0.406 e. The number of hydrogen-bond acceptors (Lipinski definition) is 6. The molecule has 1 aromatic carbocycles. The molecule has 0 bridgehead atoms. The minimum absolute atomic E-state index is 0.0110. The first kappa shape index (κ1) is 29.4. The van der Waals surface area contributed by atoms with Gasteiger partial charge in [0.15, 0.2) is 0 Å². The Bertz CT molecular complexity index is 873. The van der Waals surface area contributed by atoms with E-state index in [1.165, 1.54) is 13.2 Å². The van der Waals surface area contributed by atoms with E-state index in [2.05, 4.69) is 20.7 Å². The van der Waals surface area contributed by atoms with Crippen LogP contribution < -0.4 is 16.0 Å². The minimum Gasteiger partial charge on any atom is -0.453 e. The molecule has 0 aliphatic carbocycles. The number of halogens is 2. The van der Waals surface area contributed by atoms with E-state index in [0.29, 0.717) is 25.6 Å². The third-order valence-electron chi connectivity index (χ3n) is 6.95. The number of carbonyl (C=O) groups excluding carboxylic acids is 2. The molecule has 0 radical (unpaired) electrons. The van der Waals surface area contributed by atoms with E-state index in [1.54, 1.807) is 12.1 Å². The quantitative estimate of drug-likeness (QED) is 0.368. The van der Waals surface area contributed by atoms with Crippen molar-refractivity contribution in [1.29, 1.82) is 0 Å². The zero-order valence-corrected chi connectivity index (χ0v) is 22.5. The predicted octanol–water partition coefficient (Wildman–Crippen LogP) is 3.72. The first-order valence-electron chi connectivity index (χ1n) is 13.1. The summed E-state index contributed by atoms with van der Waals surface area (Å²) in [7, 11) is 3.18. The van der Waals surface area contributed by atoms with Crippen LogP contribution >= 0.6 is 11.6 Å². The van der Waals surface area contributed by atoms with Crippen molar-refractivity contribution in [2.45, 2.75) is 44.2 Å². The number of ether oxygens (including phenoxy) is 3. The Hall–Kier alpha value is -2.14. The van der Waals surface area contributed by atoms with Gasteiger partial charge in [0.25, 0.3) is 0 Å². The van der Waals surface area contributed by atoms with Crippen molar-refractivity contribution in [2.24, 2.45) is 11.8 Å². The van der Waals surface area contributed by atoms with Crippen LogP contribution in [0.2, 0.25) is 5.02 Å². The molecule has 1 unspecified atom stereocenters. The lowest BCUT2D eigenvalue weighted by Gasteiger charge is -2.38. The SMILES string of the molecule is CNC[C@H](C[C@H]1CCCOC1)NC(=O)N1CCCC([C@@H](OCCNC(=O)OC)c2ccc(F)c(Cl)c2)C1. The molecule has 3 amide bonds. The van der Waals surface area contributed by atoms with Crippen molar-refractivity contribution < 1.29 is 28.2 Å². The lowest BCUT2D eigenvalue weighted by Crippen LogP contribution is -2.52. The van der Waals surface area contributed by atoms with Gasteiger partial charge in [0.1, 0.15) is 5.82 Å². The number of carbonyl (C=O) groups is 2. The van der Waals surface area contributed by atoms with Crippen molar-refractivity contribution >= 4 is 23.7 Å². The van der Waals surface area contributed by atoms with Crippen LogP contribution in [0.4, 0.5) is 14.0 Å². The van der Waals surface area contributed by atoms with Gasteiger partial charge in [-0.15, -0.1) is 0 Å². The Morgan fingerprint density at radius 1 is 1.30 bits per heavy atom. The van der Waals surface area contributed by atoms with Crippen LogP contribution in [-0.2, 0) is 14.2 Å². The summed E-state index contributed by atoms with van der Waals surface area (Å²) in [5, 5.41) is 9.02. The molecule has 9 nitrogen and oxygen atoms in total. The molecule has 2 fully saturated rings. The zero-order chi connectivity index (χ0) is 26.6. The summed E-state index contributed by atoms with van der Waals surface area (Å²) >= 11 is 6.07. The van der Waals surface area contributed by atoms with Gasteiger partial charge >= 0.3 is 12.1 Å². The number of likely N-dealkylation sites (tertiary alicyclic amines) is 1. The van der Waals surface area contributed by atoms with Crippen molar-refractivity contribution in [3.05, 3.63) is 34.6 Å². The smallest absolute Gasteiger partial charge is 0.406 e. The van der Waals surface area contributed by atoms with Gasteiger partial charge < -0.3 is 35.1 Å². The molecule has 2 saturated heterocycles. The highest BCUT2D eigenvalue weighted by atomic mass is 35.5. The number of hydrogen-bond donors (Lipinski definition) is 3. The number of rotatable bonds is 11. The molecule has 37 heavy (non-hydrogen) atoms. The van der Waals surface area contributed by atoms with Crippen LogP contribution in [0.25, 0.3) is 0 Å². The van der Waals surface area contributed by atoms with E-state index < -0.39 is 18.0 Å². The van der Waals surface area contributed by atoms with Gasteiger partial charge in [-0.25, -0.2) is 14.0 Å². The average Bonchev–Trinajstić information content (AvgIpc) is 2.91. The fourth-order valence-corrected chi connectivity index (χ4v) is 5.34. The standard InChI is InChI=1S/C26H40ClFN4O5/c1-29-15-21(13-18-5-4-11-36-17-18)31-25(33)32-10-3-6-20(16-32)24(37-12-9-30-26(34)35-2)19-7-8-23(28)22(27)14-19/h7-8,14,18,20-21,24,29H,3-6,9-13,15-17H2,1-2H3,(H,30,34)(H,31,33)/t18-,20?,21+,24+/m1/s1. The fraction of sp³-hybridized carbons (Fsp3) is 0.692. The number of nitrogens with one attached hydrogen (secondary N) is 3. The summed E-state index contributed by atoms with van der Waals surface area (Å²) in [5.41, 5.74) is 0.738. The Labute approximate surface area is 223 Å². The van der Waals surface area contributed by atoms with E-state index in [4.69, 9.17) is 21.1 Å². The molecule has 11 heteroatoms. The van der Waals surface area contributed by atoms with Gasteiger partial charge in [-0.1, -0.05) is 17.7 Å². The number of amides is 3. The largest absolute Gasteiger partial charge is 0.453 e. The lowest BCUT2D eigenvalue weighted by atomic mass is 9.88. The van der Waals surface area contributed by atoms with Crippen molar-refractivity contribution in [2.75, 3.05) is 60.2 Å². The second-order valence-corrected chi connectivity index (χ2v) is 10.2. The van der Waals surface area contributed by atoms with Crippen molar-refractivity contribution in [3.8, 4) is 0 Å². The number of likely N-dealkylation sites (N-methyl/N-ethyl adjacent to an activating group) is 1. The summed E-state index contributed by atoms with van der Waals surface area (Å²) in [5.74, 6) is -0.0742. The molecular formula is C26H40ClFN4O5. The number of alkyl carbamates (subject to hydrolysis) is 1. The zero-order valence-electron chi connectivity index (χ0n) is 21.8. The first-order valence-corrected chi connectivity index (χ1v) is 13.4. The summed E-state index contributed by atoms with van der Waals surface area (Å²) in [6.07, 6.45) is 3.75. The van der Waals surface area contributed by atoms with Crippen LogP contribution in [0.3, 0.4) is 0 Å². The third-order valence-corrected chi connectivity index (χ3v) is 7.24. The summed E-state index contributed by atoms with van der Waals surface area (Å²) < 4.78 is 30.2. The monoisotopic (exact) mass is 542 g/mol.